The molecule has 1 aliphatic carbocycles. The van der Waals surface area contributed by atoms with Crippen LogP contribution in [0.3, 0.4) is 0 Å². The maximum absolute atomic E-state index is 12.6. The summed E-state index contributed by atoms with van der Waals surface area (Å²) in [6, 6.07) is 10.0. The van der Waals surface area contributed by atoms with Crippen molar-refractivity contribution in [1.29, 1.82) is 0 Å². The lowest BCUT2D eigenvalue weighted by Crippen LogP contribution is -2.41. The monoisotopic (exact) mass is 410 g/mol. The number of hydrogen-bond acceptors (Lipinski definition) is 6. The Morgan fingerprint density at radius 1 is 1.03 bits per heavy atom. The molecule has 4 rings (SSSR count). The van der Waals surface area contributed by atoms with Crippen LogP contribution in [0.1, 0.15) is 42.9 Å². The van der Waals surface area contributed by atoms with Crippen LogP contribution in [0, 0.1) is 5.92 Å². The average molecular weight is 411 g/mol. The van der Waals surface area contributed by atoms with Crippen molar-refractivity contribution in [2.24, 2.45) is 5.92 Å². The molecule has 2 aliphatic rings. The Morgan fingerprint density at radius 2 is 1.80 bits per heavy atom. The van der Waals surface area contributed by atoms with Gasteiger partial charge in [-0.3, -0.25) is 4.79 Å². The molecule has 0 radical (unpaired) electrons. The van der Waals surface area contributed by atoms with E-state index in [0.29, 0.717) is 24.0 Å². The third-order valence-electron chi connectivity index (χ3n) is 6.02. The smallest absolute Gasteiger partial charge is 0.223 e. The fraction of sp³-hybridized carbons (Fsp3) is 0.522. The first-order valence-corrected chi connectivity index (χ1v) is 10.7. The summed E-state index contributed by atoms with van der Waals surface area (Å²) in [5.74, 6) is 3.17. The molecule has 0 bridgehead atoms. The summed E-state index contributed by atoms with van der Waals surface area (Å²) in [6.07, 6.45) is 4.91. The predicted octanol–water partition coefficient (Wildman–Crippen LogP) is 2.95. The first kappa shape index (κ1) is 20.4. The summed E-state index contributed by atoms with van der Waals surface area (Å²) in [6.45, 7) is 2.29. The summed E-state index contributed by atoms with van der Waals surface area (Å²) in [5, 5.41) is 11.9. The van der Waals surface area contributed by atoms with Crippen molar-refractivity contribution in [3.63, 3.8) is 0 Å². The first-order chi connectivity index (χ1) is 14.7. The summed E-state index contributed by atoms with van der Waals surface area (Å²) in [5.41, 5.74) is 2.22. The van der Waals surface area contributed by atoms with Gasteiger partial charge in [0, 0.05) is 31.5 Å². The van der Waals surface area contributed by atoms with Gasteiger partial charge in [-0.25, -0.2) is 0 Å². The SMILES string of the molecule is COc1ccc(CCNC(=O)C2CCN(c3ccc(C4CC4)nn3)CC2)cc1OC. The highest BCUT2D eigenvalue weighted by Crippen LogP contribution is 2.38. The summed E-state index contributed by atoms with van der Waals surface area (Å²) < 4.78 is 10.6. The van der Waals surface area contributed by atoms with Crippen LogP contribution in [0.15, 0.2) is 30.3 Å². The molecule has 1 aromatic carbocycles. The second-order valence-corrected chi connectivity index (χ2v) is 8.08. The number of nitrogens with one attached hydrogen (secondary N) is 1. The van der Waals surface area contributed by atoms with E-state index < -0.39 is 0 Å². The van der Waals surface area contributed by atoms with Crippen LogP contribution >= 0.6 is 0 Å². The maximum Gasteiger partial charge on any atom is 0.223 e. The Labute approximate surface area is 177 Å². The van der Waals surface area contributed by atoms with E-state index in [2.05, 4.69) is 32.5 Å². The van der Waals surface area contributed by atoms with Crippen molar-refractivity contribution in [2.45, 2.75) is 38.0 Å². The highest BCUT2D eigenvalue weighted by Gasteiger charge is 2.27. The van der Waals surface area contributed by atoms with E-state index in [0.717, 1.165) is 49.4 Å². The Morgan fingerprint density at radius 3 is 2.43 bits per heavy atom. The molecule has 0 unspecified atom stereocenters. The van der Waals surface area contributed by atoms with Gasteiger partial charge in [0.2, 0.25) is 5.91 Å². The molecule has 1 aromatic heterocycles. The number of benzene rings is 1. The Balaban J connectivity index is 1.21. The quantitative estimate of drug-likeness (QED) is 0.721. The number of amides is 1. The standard InChI is InChI=1S/C23H30N4O3/c1-29-20-7-3-16(15-21(20)30-2)9-12-24-23(28)18-10-13-27(14-11-18)22-8-6-19(25-26-22)17-4-5-17/h3,6-8,15,17-18H,4-5,9-14H2,1-2H3,(H,24,28). The molecular weight excluding hydrogens is 380 g/mol. The van der Waals surface area contributed by atoms with Gasteiger partial charge in [-0.05, 0) is 61.9 Å². The molecule has 1 N–H and O–H groups in total. The van der Waals surface area contributed by atoms with Crippen molar-refractivity contribution in [3.05, 3.63) is 41.6 Å². The highest BCUT2D eigenvalue weighted by atomic mass is 16.5. The number of nitrogens with zero attached hydrogens (tertiary/aromatic N) is 3. The molecule has 1 aliphatic heterocycles. The minimum Gasteiger partial charge on any atom is -0.493 e. The van der Waals surface area contributed by atoms with Crippen molar-refractivity contribution in [2.75, 3.05) is 38.8 Å². The molecule has 2 aromatic rings. The van der Waals surface area contributed by atoms with Gasteiger partial charge >= 0.3 is 0 Å². The topological polar surface area (TPSA) is 76.6 Å². The molecule has 1 saturated carbocycles. The third-order valence-corrected chi connectivity index (χ3v) is 6.02. The fourth-order valence-electron chi connectivity index (χ4n) is 3.98. The molecule has 1 amide bonds. The van der Waals surface area contributed by atoms with E-state index in [-0.39, 0.29) is 11.8 Å². The minimum atomic E-state index is 0.0605. The van der Waals surface area contributed by atoms with Gasteiger partial charge in [0.25, 0.3) is 0 Å². The van der Waals surface area contributed by atoms with Gasteiger partial charge in [0.05, 0.1) is 19.9 Å². The van der Waals surface area contributed by atoms with E-state index >= 15 is 0 Å². The molecule has 1 saturated heterocycles. The van der Waals surface area contributed by atoms with Crippen LogP contribution in [0.5, 0.6) is 11.5 Å². The minimum absolute atomic E-state index is 0.0605. The number of ether oxygens (including phenoxy) is 2. The zero-order valence-electron chi connectivity index (χ0n) is 17.8. The lowest BCUT2D eigenvalue weighted by atomic mass is 9.96. The molecule has 7 nitrogen and oxygen atoms in total. The zero-order chi connectivity index (χ0) is 20.9. The molecule has 160 valence electrons. The van der Waals surface area contributed by atoms with Crippen LogP contribution in [0.4, 0.5) is 5.82 Å². The number of aromatic nitrogens is 2. The predicted molar refractivity (Wildman–Crippen MR) is 115 cm³/mol. The molecule has 7 heteroatoms. The van der Waals surface area contributed by atoms with E-state index in [1.807, 2.05) is 18.2 Å². The normalized spacial score (nSPS) is 16.9. The van der Waals surface area contributed by atoms with Crippen LogP contribution in [0.2, 0.25) is 0 Å². The average Bonchev–Trinajstić information content (AvgIpc) is 3.64. The van der Waals surface area contributed by atoms with Crippen LogP contribution in [-0.4, -0.2) is 50.0 Å². The first-order valence-electron chi connectivity index (χ1n) is 10.7. The summed E-state index contributed by atoms with van der Waals surface area (Å²) >= 11 is 0. The lowest BCUT2D eigenvalue weighted by Gasteiger charge is -2.31. The van der Waals surface area contributed by atoms with Gasteiger partial charge in [-0.15, -0.1) is 5.10 Å². The Hall–Kier alpha value is -2.83. The lowest BCUT2D eigenvalue weighted by molar-refractivity contribution is -0.125. The van der Waals surface area contributed by atoms with Crippen molar-refractivity contribution in [3.8, 4) is 11.5 Å². The van der Waals surface area contributed by atoms with Crippen LogP contribution in [0.25, 0.3) is 0 Å². The second-order valence-electron chi connectivity index (χ2n) is 8.08. The number of piperidine rings is 1. The maximum atomic E-state index is 12.6. The second kappa shape index (κ2) is 9.32. The van der Waals surface area contributed by atoms with Crippen LogP contribution in [-0.2, 0) is 11.2 Å². The molecule has 0 spiro atoms. The molecule has 30 heavy (non-hydrogen) atoms. The Kier molecular flexibility index (Phi) is 6.35. The molecule has 2 fully saturated rings. The van der Waals surface area contributed by atoms with Gasteiger partial charge in [0.1, 0.15) is 0 Å². The number of carbonyl (C=O) groups is 1. The zero-order valence-corrected chi connectivity index (χ0v) is 17.8. The van der Waals surface area contributed by atoms with E-state index in [1.165, 1.54) is 12.8 Å². The number of methoxy groups -OCH3 is 2. The largest absolute Gasteiger partial charge is 0.493 e. The number of carbonyl (C=O) groups excluding carboxylic acids is 1. The third kappa shape index (κ3) is 4.83. The number of anilines is 1. The van der Waals surface area contributed by atoms with Gasteiger partial charge in [-0.1, -0.05) is 6.07 Å². The summed E-state index contributed by atoms with van der Waals surface area (Å²) in [4.78, 5) is 14.8. The highest BCUT2D eigenvalue weighted by molar-refractivity contribution is 5.79. The van der Waals surface area contributed by atoms with Crippen molar-refractivity contribution in [1.82, 2.24) is 15.5 Å². The van der Waals surface area contributed by atoms with Crippen molar-refractivity contribution >= 4 is 11.7 Å². The molecular formula is C23H30N4O3. The number of rotatable bonds is 8. The van der Waals surface area contributed by atoms with Crippen molar-refractivity contribution < 1.29 is 14.3 Å². The van der Waals surface area contributed by atoms with E-state index in [1.54, 1.807) is 14.2 Å². The van der Waals surface area contributed by atoms with Gasteiger partial charge in [0.15, 0.2) is 17.3 Å². The Bertz CT molecular complexity index is 859. The van der Waals surface area contributed by atoms with Crippen LogP contribution < -0.4 is 19.7 Å². The van der Waals surface area contributed by atoms with E-state index in [4.69, 9.17) is 9.47 Å². The molecule has 0 atom stereocenters. The van der Waals surface area contributed by atoms with E-state index in [9.17, 15) is 4.79 Å². The molecule has 2 heterocycles. The number of hydrogen-bond donors (Lipinski definition) is 1. The summed E-state index contributed by atoms with van der Waals surface area (Å²) in [7, 11) is 3.25. The van der Waals surface area contributed by atoms with Gasteiger partial charge < -0.3 is 19.7 Å². The fourth-order valence-corrected chi connectivity index (χ4v) is 3.98. The van der Waals surface area contributed by atoms with Gasteiger partial charge in [-0.2, -0.15) is 5.10 Å².